The summed E-state index contributed by atoms with van der Waals surface area (Å²) in [5, 5.41) is 13.5. The van der Waals surface area contributed by atoms with Gasteiger partial charge in [0.1, 0.15) is 11.5 Å². The highest BCUT2D eigenvalue weighted by Gasteiger charge is 2.07. The Morgan fingerprint density at radius 1 is 1.33 bits per heavy atom. The first-order valence-corrected chi connectivity index (χ1v) is 6.16. The van der Waals surface area contributed by atoms with Gasteiger partial charge in [0.05, 0.1) is 18.9 Å². The SMILES string of the molecule is COc1ccc(O)c(/C=N/NC(=O)c2ccccc2N)c1. The average Bonchev–Trinajstić information content (AvgIpc) is 2.49. The molecular formula is C15H15N3O3. The number of phenolic OH excluding ortho intramolecular Hbond substituents is 1. The maximum Gasteiger partial charge on any atom is 0.273 e. The zero-order valence-corrected chi connectivity index (χ0v) is 11.4. The minimum atomic E-state index is -0.424. The van der Waals surface area contributed by atoms with Gasteiger partial charge in [-0.3, -0.25) is 4.79 Å². The van der Waals surface area contributed by atoms with Crippen LogP contribution in [0.2, 0.25) is 0 Å². The number of nitrogens with two attached hydrogens (primary N) is 1. The number of ether oxygens (including phenoxy) is 1. The first-order chi connectivity index (χ1) is 10.1. The predicted octanol–water partition coefficient (Wildman–Crippen LogP) is 1.75. The molecule has 21 heavy (non-hydrogen) atoms. The lowest BCUT2D eigenvalue weighted by Gasteiger charge is -2.04. The topological polar surface area (TPSA) is 96.9 Å². The normalized spacial score (nSPS) is 10.5. The lowest BCUT2D eigenvalue weighted by atomic mass is 10.2. The smallest absolute Gasteiger partial charge is 0.273 e. The van der Waals surface area contributed by atoms with Gasteiger partial charge < -0.3 is 15.6 Å². The van der Waals surface area contributed by atoms with Gasteiger partial charge in [0.15, 0.2) is 0 Å². The lowest BCUT2D eigenvalue weighted by molar-refractivity contribution is 0.0956. The number of phenols is 1. The highest BCUT2D eigenvalue weighted by molar-refractivity contribution is 5.99. The van der Waals surface area contributed by atoms with Gasteiger partial charge in [-0.15, -0.1) is 0 Å². The minimum Gasteiger partial charge on any atom is -0.507 e. The van der Waals surface area contributed by atoms with Crippen molar-refractivity contribution in [2.45, 2.75) is 0 Å². The Bertz CT molecular complexity index is 684. The van der Waals surface area contributed by atoms with Crippen LogP contribution in [0.5, 0.6) is 11.5 Å². The molecule has 0 aliphatic carbocycles. The number of anilines is 1. The largest absolute Gasteiger partial charge is 0.507 e. The van der Waals surface area contributed by atoms with Gasteiger partial charge >= 0.3 is 0 Å². The number of nitrogens with zero attached hydrogens (tertiary/aromatic N) is 1. The molecule has 0 aliphatic heterocycles. The standard InChI is InChI=1S/C15H15N3O3/c1-21-11-6-7-14(19)10(8-11)9-17-18-15(20)12-4-2-3-5-13(12)16/h2-9,19H,16H2,1H3,(H,18,20)/b17-9+. The van der Waals surface area contributed by atoms with Gasteiger partial charge in [0, 0.05) is 11.3 Å². The molecule has 0 aliphatic rings. The lowest BCUT2D eigenvalue weighted by Crippen LogP contribution is -2.19. The Hall–Kier alpha value is -3.02. The maximum atomic E-state index is 11.9. The van der Waals surface area contributed by atoms with E-state index in [0.717, 1.165) is 0 Å². The zero-order valence-electron chi connectivity index (χ0n) is 11.4. The number of carbonyl (C=O) groups is 1. The molecule has 1 amide bonds. The Morgan fingerprint density at radius 2 is 2.10 bits per heavy atom. The number of benzene rings is 2. The molecule has 0 fully saturated rings. The van der Waals surface area contributed by atoms with Crippen molar-refractivity contribution in [1.29, 1.82) is 0 Å². The number of aromatic hydroxyl groups is 1. The molecule has 4 N–H and O–H groups in total. The van der Waals surface area contributed by atoms with E-state index in [9.17, 15) is 9.90 Å². The molecule has 0 bridgehead atoms. The number of carbonyl (C=O) groups excluding carboxylic acids is 1. The van der Waals surface area contributed by atoms with Crippen LogP contribution in [0.4, 0.5) is 5.69 Å². The van der Waals surface area contributed by atoms with Crippen molar-refractivity contribution < 1.29 is 14.6 Å². The molecule has 0 spiro atoms. The van der Waals surface area contributed by atoms with E-state index in [1.165, 1.54) is 19.4 Å². The van der Waals surface area contributed by atoms with E-state index in [4.69, 9.17) is 10.5 Å². The first-order valence-electron chi connectivity index (χ1n) is 6.16. The van der Waals surface area contributed by atoms with Gasteiger partial charge in [0.25, 0.3) is 5.91 Å². The number of nitrogens with one attached hydrogen (secondary N) is 1. The van der Waals surface area contributed by atoms with Crippen LogP contribution in [0.15, 0.2) is 47.6 Å². The molecule has 0 radical (unpaired) electrons. The number of para-hydroxylation sites is 1. The van der Waals surface area contributed by atoms with Crippen LogP contribution in [0.25, 0.3) is 0 Å². The van der Waals surface area contributed by atoms with Crippen LogP contribution in [0.1, 0.15) is 15.9 Å². The monoisotopic (exact) mass is 285 g/mol. The van der Waals surface area contributed by atoms with Gasteiger partial charge in [-0.05, 0) is 30.3 Å². The molecule has 0 saturated heterocycles. The van der Waals surface area contributed by atoms with Crippen molar-refractivity contribution in [2.24, 2.45) is 5.10 Å². The second-order valence-electron chi connectivity index (χ2n) is 4.21. The van der Waals surface area contributed by atoms with Crippen molar-refractivity contribution in [3.8, 4) is 11.5 Å². The fourth-order valence-corrected chi connectivity index (χ4v) is 1.69. The van der Waals surface area contributed by atoms with E-state index in [1.807, 2.05) is 0 Å². The quantitative estimate of drug-likeness (QED) is 0.453. The Labute approximate surface area is 121 Å². The summed E-state index contributed by atoms with van der Waals surface area (Å²) >= 11 is 0. The summed E-state index contributed by atoms with van der Waals surface area (Å²) in [6.45, 7) is 0. The molecule has 0 saturated carbocycles. The summed E-state index contributed by atoms with van der Waals surface area (Å²) in [6, 6.07) is 11.4. The van der Waals surface area contributed by atoms with Crippen molar-refractivity contribution in [2.75, 3.05) is 12.8 Å². The summed E-state index contributed by atoms with van der Waals surface area (Å²) in [7, 11) is 1.52. The highest BCUT2D eigenvalue weighted by Crippen LogP contribution is 2.21. The summed E-state index contributed by atoms with van der Waals surface area (Å²) < 4.78 is 5.05. The van der Waals surface area contributed by atoms with Crippen LogP contribution in [-0.2, 0) is 0 Å². The fraction of sp³-hybridized carbons (Fsp3) is 0.0667. The summed E-state index contributed by atoms with van der Waals surface area (Å²) in [5.41, 5.74) is 9.18. The molecular weight excluding hydrogens is 270 g/mol. The molecule has 6 nitrogen and oxygen atoms in total. The zero-order chi connectivity index (χ0) is 15.2. The first kappa shape index (κ1) is 14.4. The molecule has 2 aromatic carbocycles. The van der Waals surface area contributed by atoms with Crippen LogP contribution in [-0.4, -0.2) is 24.3 Å². The predicted molar refractivity (Wildman–Crippen MR) is 80.6 cm³/mol. The minimum absolute atomic E-state index is 0.0352. The van der Waals surface area contributed by atoms with Gasteiger partial charge in [-0.25, -0.2) is 5.43 Å². The number of amides is 1. The van der Waals surface area contributed by atoms with E-state index >= 15 is 0 Å². The third kappa shape index (κ3) is 3.50. The number of hydrogen-bond acceptors (Lipinski definition) is 5. The van der Waals surface area contributed by atoms with E-state index < -0.39 is 5.91 Å². The van der Waals surface area contributed by atoms with Gasteiger partial charge in [-0.1, -0.05) is 12.1 Å². The molecule has 0 heterocycles. The van der Waals surface area contributed by atoms with Crippen molar-refractivity contribution in [1.82, 2.24) is 5.43 Å². The molecule has 2 aromatic rings. The van der Waals surface area contributed by atoms with Crippen LogP contribution >= 0.6 is 0 Å². The highest BCUT2D eigenvalue weighted by atomic mass is 16.5. The Kier molecular flexibility index (Phi) is 4.40. The third-order valence-corrected chi connectivity index (χ3v) is 2.81. The number of nitrogen functional groups attached to an aromatic ring is 1. The molecule has 0 atom stereocenters. The summed E-state index contributed by atoms with van der Waals surface area (Å²) in [4.78, 5) is 11.9. The molecule has 0 unspecified atom stereocenters. The van der Waals surface area contributed by atoms with Crippen LogP contribution in [0.3, 0.4) is 0 Å². The summed E-state index contributed by atoms with van der Waals surface area (Å²) in [6.07, 6.45) is 1.33. The number of rotatable bonds is 4. The molecule has 108 valence electrons. The van der Waals surface area contributed by atoms with Crippen molar-refractivity contribution in [3.63, 3.8) is 0 Å². The number of hydrazone groups is 1. The second kappa shape index (κ2) is 6.42. The van der Waals surface area contributed by atoms with E-state index in [-0.39, 0.29) is 5.75 Å². The Morgan fingerprint density at radius 3 is 2.81 bits per heavy atom. The van der Waals surface area contributed by atoms with E-state index in [1.54, 1.807) is 36.4 Å². The number of methoxy groups -OCH3 is 1. The van der Waals surface area contributed by atoms with E-state index in [2.05, 4.69) is 10.5 Å². The Balaban J connectivity index is 2.09. The molecule has 2 rings (SSSR count). The number of hydrogen-bond donors (Lipinski definition) is 3. The van der Waals surface area contributed by atoms with Gasteiger partial charge in [-0.2, -0.15) is 5.10 Å². The van der Waals surface area contributed by atoms with Crippen LogP contribution < -0.4 is 15.9 Å². The molecule has 6 heteroatoms. The van der Waals surface area contributed by atoms with E-state index in [0.29, 0.717) is 22.6 Å². The van der Waals surface area contributed by atoms with Crippen molar-refractivity contribution >= 4 is 17.8 Å². The van der Waals surface area contributed by atoms with Crippen molar-refractivity contribution in [3.05, 3.63) is 53.6 Å². The summed E-state index contributed by atoms with van der Waals surface area (Å²) in [5.74, 6) is 0.188. The fourth-order valence-electron chi connectivity index (χ4n) is 1.69. The maximum absolute atomic E-state index is 11.9. The van der Waals surface area contributed by atoms with Gasteiger partial charge in [0.2, 0.25) is 0 Å². The average molecular weight is 285 g/mol. The third-order valence-electron chi connectivity index (χ3n) is 2.81. The van der Waals surface area contributed by atoms with Crippen LogP contribution in [0, 0.1) is 0 Å². The second-order valence-corrected chi connectivity index (χ2v) is 4.21. The molecule has 0 aromatic heterocycles.